The maximum atomic E-state index is 10.3. The van der Waals surface area contributed by atoms with Gasteiger partial charge in [-0.15, -0.1) is 0 Å². The van der Waals surface area contributed by atoms with Gasteiger partial charge in [0.1, 0.15) is 5.41 Å². The summed E-state index contributed by atoms with van der Waals surface area (Å²) in [5.74, 6) is 1.80. The van der Waals surface area contributed by atoms with Gasteiger partial charge in [0.25, 0.3) is 0 Å². The van der Waals surface area contributed by atoms with Crippen LogP contribution < -0.4 is 0 Å². The third kappa shape index (κ3) is 3.92. The molecular formula is C24H29N3. The summed E-state index contributed by atoms with van der Waals surface area (Å²) < 4.78 is 0. The minimum atomic E-state index is -0.611. The topological polar surface area (TPSA) is 39.9 Å². The van der Waals surface area contributed by atoms with Gasteiger partial charge in [0, 0.05) is 25.5 Å². The highest BCUT2D eigenvalue weighted by Gasteiger charge is 2.35. The van der Waals surface area contributed by atoms with Crippen molar-refractivity contribution in [3.63, 3.8) is 0 Å². The van der Waals surface area contributed by atoms with E-state index in [1.165, 1.54) is 38.8 Å². The molecule has 2 aliphatic heterocycles. The van der Waals surface area contributed by atoms with Gasteiger partial charge in [0.2, 0.25) is 0 Å². The highest BCUT2D eigenvalue weighted by atomic mass is 15.1. The molecule has 140 valence electrons. The van der Waals surface area contributed by atoms with Crippen molar-refractivity contribution in [3.05, 3.63) is 66.0 Å². The molecule has 2 bridgehead atoms. The number of hydrogen-bond donors (Lipinski definition) is 0. The van der Waals surface area contributed by atoms with E-state index in [9.17, 15) is 5.26 Å². The Morgan fingerprint density at radius 3 is 2.22 bits per heavy atom. The molecule has 1 unspecified atom stereocenters. The predicted molar refractivity (Wildman–Crippen MR) is 108 cm³/mol. The first kappa shape index (κ1) is 18.2. The summed E-state index contributed by atoms with van der Waals surface area (Å²) in [6, 6.07) is 16.9. The van der Waals surface area contributed by atoms with Gasteiger partial charge in [-0.05, 0) is 74.1 Å². The van der Waals surface area contributed by atoms with Crippen molar-refractivity contribution >= 4 is 0 Å². The van der Waals surface area contributed by atoms with Crippen LogP contribution in [-0.4, -0.2) is 29.5 Å². The summed E-state index contributed by atoms with van der Waals surface area (Å²) in [7, 11) is 0. The van der Waals surface area contributed by atoms with Crippen LogP contribution in [0.4, 0.5) is 0 Å². The molecule has 5 rings (SSSR count). The van der Waals surface area contributed by atoms with Crippen molar-refractivity contribution in [3.8, 4) is 6.07 Å². The molecule has 3 fully saturated rings. The minimum absolute atomic E-state index is 0.611. The summed E-state index contributed by atoms with van der Waals surface area (Å²) in [5, 5.41) is 10.3. The van der Waals surface area contributed by atoms with Crippen LogP contribution in [0.5, 0.6) is 0 Å². The molecule has 3 aliphatic rings. The third-order valence-corrected chi connectivity index (χ3v) is 6.64. The van der Waals surface area contributed by atoms with E-state index in [0.29, 0.717) is 0 Å². The third-order valence-electron chi connectivity index (χ3n) is 6.64. The van der Waals surface area contributed by atoms with Gasteiger partial charge >= 0.3 is 0 Å². The summed E-state index contributed by atoms with van der Waals surface area (Å²) in [6.45, 7) is 3.62. The molecule has 27 heavy (non-hydrogen) atoms. The first-order valence-electron chi connectivity index (χ1n) is 10.4. The highest BCUT2D eigenvalue weighted by molar-refractivity contribution is 5.44. The standard InChI is InChI=1S/C24H29N3/c25-19-24(22-6-2-1-3-7-22,23-8-4-14-26-16-23)13-5-15-27-17-20-9-10-21(18-27)12-11-20/h1-4,6-8,14,16,20-21H,5,9-13,15,17-18H2. The predicted octanol–water partition coefficient (Wildman–Crippen LogP) is 4.79. The lowest BCUT2D eigenvalue weighted by Crippen LogP contribution is -2.32. The lowest BCUT2D eigenvalue weighted by Gasteiger charge is -2.29. The molecule has 0 spiro atoms. The molecule has 2 saturated heterocycles. The maximum absolute atomic E-state index is 10.3. The van der Waals surface area contributed by atoms with Crippen LogP contribution in [0.2, 0.25) is 0 Å². The molecule has 0 N–H and O–H groups in total. The Kier molecular flexibility index (Phi) is 5.55. The van der Waals surface area contributed by atoms with Crippen LogP contribution in [0.15, 0.2) is 54.9 Å². The Labute approximate surface area is 163 Å². The van der Waals surface area contributed by atoms with Gasteiger partial charge in [-0.25, -0.2) is 0 Å². The number of rotatable bonds is 6. The Bertz CT molecular complexity index is 704. The van der Waals surface area contributed by atoms with Crippen LogP contribution in [0.25, 0.3) is 0 Å². The van der Waals surface area contributed by atoms with Crippen molar-refractivity contribution in [2.45, 2.75) is 43.9 Å². The van der Waals surface area contributed by atoms with E-state index in [4.69, 9.17) is 0 Å². The fraction of sp³-hybridized carbons (Fsp3) is 0.500. The number of fused-ring (bicyclic) bond motifs is 4. The van der Waals surface area contributed by atoms with Crippen LogP contribution in [-0.2, 0) is 5.41 Å². The first-order valence-corrected chi connectivity index (χ1v) is 10.4. The van der Waals surface area contributed by atoms with E-state index in [1.54, 1.807) is 6.20 Å². The molecule has 1 atom stereocenters. The molecular weight excluding hydrogens is 330 g/mol. The van der Waals surface area contributed by atoms with E-state index in [0.717, 1.165) is 42.3 Å². The average molecular weight is 360 g/mol. The van der Waals surface area contributed by atoms with E-state index in [2.05, 4.69) is 34.2 Å². The van der Waals surface area contributed by atoms with Crippen molar-refractivity contribution < 1.29 is 0 Å². The average Bonchev–Trinajstić information content (AvgIpc) is 3.06. The molecule has 3 heterocycles. The Morgan fingerprint density at radius 1 is 0.963 bits per heavy atom. The zero-order valence-electron chi connectivity index (χ0n) is 16.1. The number of pyridine rings is 1. The number of benzene rings is 1. The fourth-order valence-corrected chi connectivity index (χ4v) is 5.13. The molecule has 2 aromatic rings. The molecule has 3 heteroatoms. The number of nitriles is 1. The van der Waals surface area contributed by atoms with E-state index < -0.39 is 5.41 Å². The van der Waals surface area contributed by atoms with Gasteiger partial charge in [-0.2, -0.15) is 5.26 Å². The van der Waals surface area contributed by atoms with E-state index >= 15 is 0 Å². The zero-order valence-corrected chi connectivity index (χ0v) is 16.1. The van der Waals surface area contributed by atoms with E-state index in [1.807, 2.05) is 30.5 Å². The van der Waals surface area contributed by atoms with Gasteiger partial charge in [0.15, 0.2) is 0 Å². The molecule has 1 aliphatic carbocycles. The van der Waals surface area contributed by atoms with Crippen LogP contribution in [0, 0.1) is 23.2 Å². The first-order chi connectivity index (χ1) is 13.3. The van der Waals surface area contributed by atoms with Crippen molar-refractivity contribution in [1.82, 2.24) is 9.88 Å². The summed E-state index contributed by atoms with van der Waals surface area (Å²) in [5.41, 5.74) is 1.48. The lowest BCUT2D eigenvalue weighted by atomic mass is 9.73. The molecule has 0 amide bonds. The van der Waals surface area contributed by atoms with Crippen LogP contribution in [0.3, 0.4) is 0 Å². The number of nitrogens with zero attached hydrogens (tertiary/aromatic N) is 3. The van der Waals surface area contributed by atoms with Crippen molar-refractivity contribution in [2.75, 3.05) is 19.6 Å². The molecule has 0 radical (unpaired) electrons. The highest BCUT2D eigenvalue weighted by Crippen LogP contribution is 2.37. The van der Waals surface area contributed by atoms with Crippen molar-refractivity contribution in [2.24, 2.45) is 11.8 Å². The monoisotopic (exact) mass is 359 g/mol. The second-order valence-corrected chi connectivity index (χ2v) is 8.37. The van der Waals surface area contributed by atoms with Crippen LogP contribution in [0.1, 0.15) is 49.7 Å². The van der Waals surface area contributed by atoms with Crippen molar-refractivity contribution in [1.29, 1.82) is 5.26 Å². The lowest BCUT2D eigenvalue weighted by molar-refractivity contribution is 0.244. The quantitative estimate of drug-likeness (QED) is 0.744. The van der Waals surface area contributed by atoms with Gasteiger partial charge in [0.05, 0.1) is 6.07 Å². The smallest absolute Gasteiger partial charge is 0.109 e. The SMILES string of the molecule is N#CC(CCCN1CC2CCC(CC2)C1)(c1ccccc1)c1cccnc1. The van der Waals surface area contributed by atoms with Crippen LogP contribution >= 0.6 is 0 Å². The second-order valence-electron chi connectivity index (χ2n) is 8.37. The van der Waals surface area contributed by atoms with Gasteiger partial charge < -0.3 is 4.90 Å². The maximum Gasteiger partial charge on any atom is 0.109 e. The van der Waals surface area contributed by atoms with E-state index in [-0.39, 0.29) is 0 Å². The zero-order chi connectivity index (χ0) is 18.5. The summed E-state index contributed by atoms with van der Waals surface area (Å²) >= 11 is 0. The molecule has 1 aromatic heterocycles. The largest absolute Gasteiger partial charge is 0.303 e. The van der Waals surface area contributed by atoms with Gasteiger partial charge in [-0.1, -0.05) is 36.4 Å². The molecule has 1 aromatic carbocycles. The minimum Gasteiger partial charge on any atom is -0.303 e. The Balaban J connectivity index is 1.51. The number of hydrogen-bond acceptors (Lipinski definition) is 3. The Morgan fingerprint density at radius 2 is 1.63 bits per heavy atom. The fourth-order valence-electron chi connectivity index (χ4n) is 5.13. The normalized spacial score (nSPS) is 24.7. The Hall–Kier alpha value is -2.18. The van der Waals surface area contributed by atoms with Gasteiger partial charge in [-0.3, -0.25) is 4.98 Å². The molecule has 3 nitrogen and oxygen atoms in total. The summed E-state index contributed by atoms with van der Waals surface area (Å²) in [4.78, 5) is 6.97. The number of aromatic nitrogens is 1. The summed E-state index contributed by atoms with van der Waals surface area (Å²) in [6.07, 6.45) is 11.2. The molecule has 1 saturated carbocycles. The second kappa shape index (κ2) is 8.23.